The number of unbranched alkanes of at least 4 members (excludes halogenated alkanes) is 1. The van der Waals surface area contributed by atoms with Crippen LogP contribution in [0.4, 0.5) is 5.00 Å². The number of amides is 2. The van der Waals surface area contributed by atoms with Gasteiger partial charge < -0.3 is 10.6 Å². The highest BCUT2D eigenvalue weighted by atomic mass is 32.2. The molecule has 2 aromatic rings. The Hall–Kier alpha value is -2.23. The van der Waals surface area contributed by atoms with E-state index in [9.17, 15) is 18.0 Å². The minimum atomic E-state index is -3.59. The van der Waals surface area contributed by atoms with Gasteiger partial charge in [-0.15, -0.1) is 11.3 Å². The van der Waals surface area contributed by atoms with E-state index < -0.39 is 10.0 Å². The molecule has 168 valence electrons. The molecule has 0 atom stereocenters. The number of benzene rings is 1. The number of nitrogens with zero attached hydrogens (tertiary/aromatic N) is 1. The Morgan fingerprint density at radius 3 is 2.42 bits per heavy atom. The van der Waals surface area contributed by atoms with Crippen molar-refractivity contribution >= 4 is 38.2 Å². The van der Waals surface area contributed by atoms with Crippen LogP contribution in [-0.2, 0) is 22.9 Å². The molecule has 3 rings (SSSR count). The van der Waals surface area contributed by atoms with Gasteiger partial charge in [0.05, 0.1) is 10.5 Å². The van der Waals surface area contributed by atoms with E-state index in [2.05, 4.69) is 10.6 Å². The Kier molecular flexibility index (Phi) is 7.51. The number of anilines is 1. The summed E-state index contributed by atoms with van der Waals surface area (Å²) in [6, 6.07) is 5.95. The van der Waals surface area contributed by atoms with Crippen LogP contribution in [0, 0.1) is 0 Å². The van der Waals surface area contributed by atoms with Crippen LogP contribution in [0.3, 0.4) is 0 Å². The zero-order valence-electron chi connectivity index (χ0n) is 18.2. The van der Waals surface area contributed by atoms with Crippen molar-refractivity contribution in [1.29, 1.82) is 0 Å². The molecule has 0 radical (unpaired) electrons. The fourth-order valence-electron chi connectivity index (χ4n) is 3.74. The second kappa shape index (κ2) is 9.93. The minimum absolute atomic E-state index is 0.170. The second-order valence-corrected chi connectivity index (χ2v) is 10.5. The van der Waals surface area contributed by atoms with Crippen LogP contribution in [0.5, 0.6) is 0 Å². The van der Waals surface area contributed by atoms with E-state index in [-0.39, 0.29) is 16.7 Å². The van der Waals surface area contributed by atoms with Crippen molar-refractivity contribution in [1.82, 2.24) is 9.62 Å². The number of nitrogens with one attached hydrogen (secondary N) is 2. The number of thiophene rings is 1. The summed E-state index contributed by atoms with van der Waals surface area (Å²) in [6.45, 7) is 4.71. The zero-order chi connectivity index (χ0) is 22.6. The molecular weight excluding hydrogens is 434 g/mol. The van der Waals surface area contributed by atoms with Gasteiger partial charge in [0.25, 0.3) is 11.8 Å². The van der Waals surface area contributed by atoms with Crippen molar-refractivity contribution in [2.45, 2.75) is 50.8 Å². The minimum Gasteiger partial charge on any atom is -0.355 e. The lowest BCUT2D eigenvalue weighted by molar-refractivity contribution is 0.0963. The Bertz CT molecular complexity index is 1060. The Morgan fingerprint density at radius 1 is 1.10 bits per heavy atom. The van der Waals surface area contributed by atoms with E-state index in [0.717, 1.165) is 42.5 Å². The lowest BCUT2D eigenvalue weighted by Crippen LogP contribution is -2.31. The van der Waals surface area contributed by atoms with Gasteiger partial charge in [0.1, 0.15) is 5.00 Å². The molecule has 1 aliphatic carbocycles. The SMILES string of the molecule is CCCCN(CC)S(=O)(=O)c1ccc(C(=O)Nc2sc3c(c2C(=O)NC)CCC3)cc1. The van der Waals surface area contributed by atoms with E-state index in [1.807, 2.05) is 13.8 Å². The van der Waals surface area contributed by atoms with Crippen LogP contribution in [0.25, 0.3) is 0 Å². The van der Waals surface area contributed by atoms with Gasteiger partial charge in [-0.05, 0) is 55.5 Å². The van der Waals surface area contributed by atoms with Crippen LogP contribution in [0.2, 0.25) is 0 Å². The van der Waals surface area contributed by atoms with Crippen LogP contribution in [-0.4, -0.2) is 44.7 Å². The molecule has 1 heterocycles. The summed E-state index contributed by atoms with van der Waals surface area (Å²) in [4.78, 5) is 26.5. The van der Waals surface area contributed by atoms with Crippen molar-refractivity contribution in [3.8, 4) is 0 Å². The second-order valence-electron chi connectivity index (χ2n) is 7.47. The maximum absolute atomic E-state index is 12.9. The Balaban J connectivity index is 1.80. The fourth-order valence-corrected chi connectivity index (χ4v) is 6.51. The van der Waals surface area contributed by atoms with Crippen LogP contribution < -0.4 is 10.6 Å². The molecule has 0 unspecified atom stereocenters. The molecule has 0 fully saturated rings. The van der Waals surface area contributed by atoms with Gasteiger partial charge in [-0.2, -0.15) is 4.31 Å². The number of carbonyl (C=O) groups is 2. The van der Waals surface area contributed by atoms with Gasteiger partial charge >= 0.3 is 0 Å². The third kappa shape index (κ3) is 4.83. The summed E-state index contributed by atoms with van der Waals surface area (Å²) in [7, 11) is -2.02. The quantitative estimate of drug-likeness (QED) is 0.593. The maximum atomic E-state index is 12.9. The topological polar surface area (TPSA) is 95.6 Å². The smallest absolute Gasteiger partial charge is 0.256 e. The largest absolute Gasteiger partial charge is 0.355 e. The summed E-state index contributed by atoms with van der Waals surface area (Å²) in [6.07, 6.45) is 4.48. The number of sulfonamides is 1. The molecule has 31 heavy (non-hydrogen) atoms. The van der Waals surface area contributed by atoms with Crippen LogP contribution >= 0.6 is 11.3 Å². The molecule has 1 aromatic carbocycles. The van der Waals surface area contributed by atoms with E-state index in [1.165, 1.54) is 39.9 Å². The van der Waals surface area contributed by atoms with E-state index in [0.29, 0.717) is 29.2 Å². The lowest BCUT2D eigenvalue weighted by atomic mass is 10.1. The molecule has 0 saturated heterocycles. The first kappa shape index (κ1) is 23.4. The number of rotatable bonds is 9. The highest BCUT2D eigenvalue weighted by Crippen LogP contribution is 2.39. The van der Waals surface area contributed by atoms with Gasteiger partial charge in [0.2, 0.25) is 10.0 Å². The zero-order valence-corrected chi connectivity index (χ0v) is 19.8. The molecule has 2 N–H and O–H groups in total. The number of carbonyl (C=O) groups excluding carboxylic acids is 2. The van der Waals surface area contributed by atoms with Gasteiger partial charge in [0, 0.05) is 30.6 Å². The molecule has 0 bridgehead atoms. The van der Waals surface area contributed by atoms with Gasteiger partial charge in [-0.25, -0.2) is 8.42 Å². The van der Waals surface area contributed by atoms with E-state index in [4.69, 9.17) is 0 Å². The van der Waals surface area contributed by atoms with Crippen LogP contribution in [0.1, 0.15) is 64.3 Å². The molecule has 1 aromatic heterocycles. The first-order valence-corrected chi connectivity index (χ1v) is 12.9. The first-order valence-electron chi connectivity index (χ1n) is 10.6. The maximum Gasteiger partial charge on any atom is 0.256 e. The average Bonchev–Trinajstić information content (AvgIpc) is 3.34. The standard InChI is InChI=1S/C22H29N3O4S2/c1-4-6-14-25(5-2)31(28,29)16-12-10-15(11-13-16)20(26)24-22-19(21(27)23-3)17-8-7-9-18(17)30-22/h10-13H,4-9,14H2,1-3H3,(H,23,27)(H,24,26). The Morgan fingerprint density at radius 2 is 1.81 bits per heavy atom. The third-order valence-corrected chi connectivity index (χ3v) is 8.67. The van der Waals surface area contributed by atoms with Crippen molar-refractivity contribution in [3.05, 3.63) is 45.8 Å². The molecule has 0 spiro atoms. The third-order valence-electron chi connectivity index (χ3n) is 5.47. The summed E-state index contributed by atoms with van der Waals surface area (Å²) < 4.78 is 27.2. The highest BCUT2D eigenvalue weighted by Gasteiger charge is 2.27. The number of hydrogen-bond acceptors (Lipinski definition) is 5. The summed E-state index contributed by atoms with van der Waals surface area (Å²) in [5.74, 6) is -0.574. The number of aryl methyl sites for hydroxylation is 1. The van der Waals surface area contributed by atoms with E-state index in [1.54, 1.807) is 7.05 Å². The molecule has 1 aliphatic rings. The number of hydrogen-bond donors (Lipinski definition) is 2. The Labute approximate surface area is 187 Å². The molecule has 0 saturated carbocycles. The summed E-state index contributed by atoms with van der Waals surface area (Å²) in [5, 5.41) is 6.04. The van der Waals surface area contributed by atoms with Crippen LogP contribution in [0.15, 0.2) is 29.2 Å². The van der Waals surface area contributed by atoms with Crippen molar-refractivity contribution < 1.29 is 18.0 Å². The fraction of sp³-hybridized carbons (Fsp3) is 0.455. The normalized spacial score (nSPS) is 13.3. The lowest BCUT2D eigenvalue weighted by Gasteiger charge is -2.20. The van der Waals surface area contributed by atoms with Crippen molar-refractivity contribution in [2.75, 3.05) is 25.5 Å². The van der Waals surface area contributed by atoms with Crippen molar-refractivity contribution in [3.63, 3.8) is 0 Å². The van der Waals surface area contributed by atoms with Gasteiger partial charge in [-0.3, -0.25) is 9.59 Å². The predicted octanol–water partition coefficient (Wildman–Crippen LogP) is 3.66. The average molecular weight is 464 g/mol. The molecule has 0 aliphatic heterocycles. The monoisotopic (exact) mass is 463 g/mol. The van der Waals surface area contributed by atoms with Gasteiger partial charge in [-0.1, -0.05) is 20.3 Å². The summed E-state index contributed by atoms with van der Waals surface area (Å²) >= 11 is 1.44. The molecular formula is C22H29N3O4S2. The molecule has 7 nitrogen and oxygen atoms in total. The highest BCUT2D eigenvalue weighted by molar-refractivity contribution is 7.89. The number of fused-ring (bicyclic) bond motifs is 1. The van der Waals surface area contributed by atoms with Crippen molar-refractivity contribution in [2.24, 2.45) is 0 Å². The van der Waals surface area contributed by atoms with Gasteiger partial charge in [0.15, 0.2) is 0 Å². The molecule has 2 amide bonds. The first-order chi connectivity index (χ1) is 14.8. The summed E-state index contributed by atoms with van der Waals surface area (Å²) in [5.41, 5.74) is 1.90. The predicted molar refractivity (Wildman–Crippen MR) is 123 cm³/mol. The molecule has 9 heteroatoms. The van der Waals surface area contributed by atoms with E-state index >= 15 is 0 Å².